The molecule has 0 N–H and O–H groups in total. The van der Waals surface area contributed by atoms with Gasteiger partial charge < -0.3 is 9.47 Å². The Morgan fingerprint density at radius 2 is 1.88 bits per heavy atom. The van der Waals surface area contributed by atoms with E-state index in [-0.39, 0.29) is 0 Å². The maximum atomic E-state index is 6.06. The van der Waals surface area contributed by atoms with Gasteiger partial charge in [0.1, 0.15) is 0 Å². The molecule has 2 nitrogen and oxygen atoms in total. The third-order valence-corrected chi connectivity index (χ3v) is 3.85. The van der Waals surface area contributed by atoms with Gasteiger partial charge in [0.25, 0.3) is 0 Å². The van der Waals surface area contributed by atoms with E-state index in [9.17, 15) is 0 Å². The monoisotopic (exact) mass is 228 g/mol. The third kappa shape index (κ3) is 3.46. The van der Waals surface area contributed by atoms with Crippen LogP contribution in [-0.2, 0) is 9.47 Å². The molecule has 2 heteroatoms. The third-order valence-electron chi connectivity index (χ3n) is 3.85. The van der Waals surface area contributed by atoms with Crippen molar-refractivity contribution in [1.29, 1.82) is 0 Å². The zero-order valence-electron chi connectivity index (χ0n) is 11.3. The van der Waals surface area contributed by atoms with E-state index in [0.29, 0.717) is 11.5 Å². The lowest BCUT2D eigenvalue weighted by atomic mass is 9.76. The van der Waals surface area contributed by atoms with Crippen molar-refractivity contribution in [1.82, 2.24) is 0 Å². The zero-order chi connectivity index (χ0) is 11.9. The second kappa shape index (κ2) is 7.29. The van der Waals surface area contributed by atoms with E-state index in [0.717, 1.165) is 26.2 Å². The van der Waals surface area contributed by atoms with E-state index < -0.39 is 0 Å². The van der Waals surface area contributed by atoms with E-state index >= 15 is 0 Å². The van der Waals surface area contributed by atoms with Crippen LogP contribution in [0, 0.1) is 5.41 Å². The minimum absolute atomic E-state index is 0.333. The van der Waals surface area contributed by atoms with Crippen molar-refractivity contribution in [2.24, 2.45) is 5.41 Å². The number of unbranched alkanes of at least 4 members (excludes halogenated alkanes) is 3. The van der Waals surface area contributed by atoms with Gasteiger partial charge in [-0.2, -0.15) is 0 Å². The van der Waals surface area contributed by atoms with Crippen LogP contribution in [0.1, 0.15) is 59.3 Å². The summed E-state index contributed by atoms with van der Waals surface area (Å²) in [5.41, 5.74) is 0.333. The molecule has 1 aliphatic rings. The molecule has 1 fully saturated rings. The summed E-state index contributed by atoms with van der Waals surface area (Å²) in [5, 5.41) is 0. The molecule has 0 saturated carbocycles. The van der Waals surface area contributed by atoms with Crippen LogP contribution in [0.4, 0.5) is 0 Å². The summed E-state index contributed by atoms with van der Waals surface area (Å²) < 4.78 is 11.4. The minimum atomic E-state index is 0.333. The lowest BCUT2D eigenvalue weighted by molar-refractivity contribution is -0.190. The Balaban J connectivity index is 2.21. The Hall–Kier alpha value is -0.0800. The summed E-state index contributed by atoms with van der Waals surface area (Å²) in [5.74, 6) is 0. The molecule has 0 spiro atoms. The molecule has 1 heterocycles. The summed E-state index contributed by atoms with van der Waals surface area (Å²) in [6.45, 7) is 9.46. The highest BCUT2D eigenvalue weighted by Gasteiger charge is 2.43. The van der Waals surface area contributed by atoms with Crippen molar-refractivity contribution in [2.75, 3.05) is 19.8 Å². The van der Waals surface area contributed by atoms with Gasteiger partial charge in [-0.1, -0.05) is 40.0 Å². The highest BCUT2D eigenvalue weighted by Crippen LogP contribution is 2.38. The van der Waals surface area contributed by atoms with Crippen molar-refractivity contribution in [3.05, 3.63) is 0 Å². The Labute approximate surface area is 101 Å². The zero-order valence-corrected chi connectivity index (χ0v) is 11.3. The van der Waals surface area contributed by atoms with Gasteiger partial charge in [0, 0.05) is 12.0 Å². The average Bonchev–Trinajstić information content (AvgIpc) is 2.25. The maximum absolute atomic E-state index is 6.06. The second-order valence-corrected chi connectivity index (χ2v) is 5.04. The number of ether oxygens (including phenoxy) is 2. The molecule has 0 amide bonds. The fraction of sp³-hybridized carbons (Fsp3) is 1.00. The summed E-state index contributed by atoms with van der Waals surface area (Å²) in [7, 11) is 0. The van der Waals surface area contributed by atoms with E-state index in [1.54, 1.807) is 0 Å². The lowest BCUT2D eigenvalue weighted by Gasteiger charge is -2.46. The Kier molecular flexibility index (Phi) is 6.37. The van der Waals surface area contributed by atoms with Crippen LogP contribution in [-0.4, -0.2) is 25.9 Å². The molecule has 16 heavy (non-hydrogen) atoms. The van der Waals surface area contributed by atoms with Crippen LogP contribution in [0.25, 0.3) is 0 Å². The molecular weight excluding hydrogens is 200 g/mol. The van der Waals surface area contributed by atoms with Gasteiger partial charge >= 0.3 is 0 Å². The van der Waals surface area contributed by atoms with Crippen LogP contribution in [0.15, 0.2) is 0 Å². The topological polar surface area (TPSA) is 18.5 Å². The van der Waals surface area contributed by atoms with Gasteiger partial charge in [0.2, 0.25) is 0 Å². The first-order valence-corrected chi connectivity index (χ1v) is 6.98. The van der Waals surface area contributed by atoms with Crippen molar-refractivity contribution < 1.29 is 9.47 Å². The smallest absolute Gasteiger partial charge is 0.0672 e. The Bertz CT molecular complexity index is 170. The van der Waals surface area contributed by atoms with E-state index in [1.807, 2.05) is 0 Å². The number of hydrogen-bond donors (Lipinski definition) is 0. The van der Waals surface area contributed by atoms with Gasteiger partial charge in [-0.25, -0.2) is 0 Å². The fourth-order valence-electron chi connectivity index (χ4n) is 2.46. The molecule has 1 rings (SSSR count). The molecule has 0 aromatic rings. The molecule has 0 aliphatic carbocycles. The standard InChI is InChI=1S/C14H28O2/c1-4-7-8-9-10-16-13(5-2)14(6-3)11-15-12-14/h13H,4-12H2,1-3H3. The second-order valence-electron chi connectivity index (χ2n) is 5.04. The van der Waals surface area contributed by atoms with Crippen molar-refractivity contribution >= 4 is 0 Å². The molecule has 0 radical (unpaired) electrons. The Morgan fingerprint density at radius 3 is 2.31 bits per heavy atom. The number of hydrogen-bond acceptors (Lipinski definition) is 2. The molecule has 1 aliphatic heterocycles. The first-order valence-electron chi connectivity index (χ1n) is 6.98. The van der Waals surface area contributed by atoms with Gasteiger partial charge in [-0.15, -0.1) is 0 Å². The van der Waals surface area contributed by atoms with Crippen molar-refractivity contribution in [3.63, 3.8) is 0 Å². The lowest BCUT2D eigenvalue weighted by Crippen LogP contribution is -2.51. The van der Waals surface area contributed by atoms with E-state index in [2.05, 4.69) is 20.8 Å². The van der Waals surface area contributed by atoms with Gasteiger partial charge in [0.15, 0.2) is 0 Å². The first-order chi connectivity index (χ1) is 7.79. The fourth-order valence-corrected chi connectivity index (χ4v) is 2.46. The predicted molar refractivity (Wildman–Crippen MR) is 67.7 cm³/mol. The average molecular weight is 228 g/mol. The number of rotatable bonds is 9. The molecule has 1 unspecified atom stereocenters. The van der Waals surface area contributed by atoms with Crippen LogP contribution in [0.5, 0.6) is 0 Å². The van der Waals surface area contributed by atoms with Gasteiger partial charge in [-0.3, -0.25) is 0 Å². The minimum Gasteiger partial charge on any atom is -0.380 e. The van der Waals surface area contributed by atoms with Crippen molar-refractivity contribution in [2.45, 2.75) is 65.4 Å². The van der Waals surface area contributed by atoms with E-state index in [1.165, 1.54) is 32.1 Å². The van der Waals surface area contributed by atoms with Crippen LogP contribution < -0.4 is 0 Å². The van der Waals surface area contributed by atoms with Crippen molar-refractivity contribution in [3.8, 4) is 0 Å². The normalized spacial score (nSPS) is 20.4. The summed E-state index contributed by atoms with van der Waals surface area (Å²) in [4.78, 5) is 0. The maximum Gasteiger partial charge on any atom is 0.0672 e. The van der Waals surface area contributed by atoms with Crippen LogP contribution in [0.2, 0.25) is 0 Å². The molecule has 0 aromatic heterocycles. The van der Waals surface area contributed by atoms with E-state index in [4.69, 9.17) is 9.47 Å². The first kappa shape index (κ1) is 14.0. The largest absolute Gasteiger partial charge is 0.380 e. The summed E-state index contributed by atoms with van der Waals surface area (Å²) in [6.07, 6.45) is 7.86. The quantitative estimate of drug-likeness (QED) is 0.559. The summed E-state index contributed by atoms with van der Waals surface area (Å²) in [6, 6.07) is 0. The highest BCUT2D eigenvalue weighted by molar-refractivity contribution is 4.91. The predicted octanol–water partition coefficient (Wildman–Crippen LogP) is 3.79. The molecule has 96 valence electrons. The van der Waals surface area contributed by atoms with Gasteiger partial charge in [0.05, 0.1) is 19.3 Å². The molecule has 0 bridgehead atoms. The summed E-state index contributed by atoms with van der Waals surface area (Å²) >= 11 is 0. The van der Waals surface area contributed by atoms with Crippen LogP contribution in [0.3, 0.4) is 0 Å². The molecule has 1 saturated heterocycles. The van der Waals surface area contributed by atoms with Crippen LogP contribution >= 0.6 is 0 Å². The molecule has 0 aromatic carbocycles. The molecular formula is C14H28O2. The molecule has 1 atom stereocenters. The highest BCUT2D eigenvalue weighted by atomic mass is 16.5. The SMILES string of the molecule is CCCCCCOC(CC)C1(CC)COC1. The van der Waals surface area contributed by atoms with Gasteiger partial charge in [-0.05, 0) is 19.3 Å². The Morgan fingerprint density at radius 1 is 1.12 bits per heavy atom.